The van der Waals surface area contributed by atoms with Crippen LogP contribution < -0.4 is 5.32 Å². The third-order valence-electron chi connectivity index (χ3n) is 3.76. The van der Waals surface area contributed by atoms with E-state index in [9.17, 15) is 0 Å². The van der Waals surface area contributed by atoms with Crippen LogP contribution in [0.3, 0.4) is 0 Å². The van der Waals surface area contributed by atoms with E-state index < -0.39 is 0 Å². The number of nitrogens with one attached hydrogen (secondary N) is 1. The van der Waals surface area contributed by atoms with Crippen LogP contribution in [0.1, 0.15) is 12.5 Å². The highest BCUT2D eigenvalue weighted by Gasteiger charge is 2.24. The average molecular weight is 324 g/mol. The molecule has 3 rings (SSSR count). The number of likely N-dealkylation sites (N-methyl/N-ethyl adjacent to an activating group) is 1. The van der Waals surface area contributed by atoms with Gasteiger partial charge in [-0.3, -0.25) is 0 Å². The molecule has 0 radical (unpaired) electrons. The van der Waals surface area contributed by atoms with Gasteiger partial charge < -0.3 is 5.32 Å². The van der Waals surface area contributed by atoms with Crippen LogP contribution in [0.15, 0.2) is 29.6 Å². The molecule has 1 aliphatic heterocycles. The number of benzene rings is 1. The van der Waals surface area contributed by atoms with Crippen LogP contribution in [0.2, 0.25) is 0 Å². The Hall–Kier alpha value is -0.160. The standard InChI is InChI=1S/C16H21NS3/c1-2-17-14(16-11-18-7-8-19-16)9-12-10-20-15-6-4-3-5-13(12)15/h3-6,10,14,16-17H,2,7-9,11H2,1H3. The molecule has 2 atom stereocenters. The summed E-state index contributed by atoms with van der Waals surface area (Å²) in [5.74, 6) is 3.92. The van der Waals surface area contributed by atoms with E-state index in [1.165, 1.54) is 32.9 Å². The molecule has 1 N–H and O–H groups in total. The fourth-order valence-electron chi connectivity index (χ4n) is 2.76. The molecule has 1 aromatic heterocycles. The molecule has 0 aliphatic carbocycles. The van der Waals surface area contributed by atoms with E-state index in [2.05, 4.69) is 65.4 Å². The van der Waals surface area contributed by atoms with Crippen LogP contribution in [0.4, 0.5) is 0 Å². The molecule has 1 saturated heterocycles. The molecule has 0 spiro atoms. The molecular formula is C16H21NS3. The minimum absolute atomic E-state index is 0.607. The topological polar surface area (TPSA) is 12.0 Å². The molecule has 2 heterocycles. The zero-order chi connectivity index (χ0) is 13.8. The molecule has 108 valence electrons. The van der Waals surface area contributed by atoms with E-state index in [-0.39, 0.29) is 0 Å². The minimum atomic E-state index is 0.607. The first-order valence-corrected chi connectivity index (χ1v) is 10.3. The summed E-state index contributed by atoms with van der Waals surface area (Å²) in [6, 6.07) is 9.41. The van der Waals surface area contributed by atoms with Crippen molar-refractivity contribution >= 4 is 44.9 Å². The lowest BCUT2D eigenvalue weighted by Crippen LogP contribution is -2.42. The van der Waals surface area contributed by atoms with Crippen LogP contribution in [0.25, 0.3) is 10.1 Å². The largest absolute Gasteiger partial charge is 0.313 e. The summed E-state index contributed by atoms with van der Waals surface area (Å²) in [7, 11) is 0. The second kappa shape index (κ2) is 7.21. The minimum Gasteiger partial charge on any atom is -0.313 e. The Morgan fingerprint density at radius 1 is 1.30 bits per heavy atom. The summed E-state index contributed by atoms with van der Waals surface area (Å²) >= 11 is 6.15. The molecule has 1 fully saturated rings. The Labute approximate surface area is 133 Å². The number of hydrogen-bond acceptors (Lipinski definition) is 4. The van der Waals surface area contributed by atoms with Gasteiger partial charge in [-0.1, -0.05) is 25.1 Å². The van der Waals surface area contributed by atoms with Gasteiger partial charge in [0.15, 0.2) is 0 Å². The number of rotatable bonds is 5. The second-order valence-corrected chi connectivity index (χ2v) is 8.52. The van der Waals surface area contributed by atoms with Gasteiger partial charge in [0.25, 0.3) is 0 Å². The Morgan fingerprint density at radius 2 is 2.20 bits per heavy atom. The molecule has 2 unspecified atom stereocenters. The molecule has 1 nitrogen and oxygen atoms in total. The van der Waals surface area contributed by atoms with E-state index in [0.717, 1.165) is 18.2 Å². The van der Waals surface area contributed by atoms with Crippen LogP contribution in [-0.2, 0) is 6.42 Å². The first-order chi connectivity index (χ1) is 9.88. The van der Waals surface area contributed by atoms with Crippen molar-refractivity contribution in [3.05, 3.63) is 35.2 Å². The Balaban J connectivity index is 1.78. The van der Waals surface area contributed by atoms with Crippen LogP contribution in [0, 0.1) is 0 Å². The maximum Gasteiger partial charge on any atom is 0.0345 e. The number of hydrogen-bond donors (Lipinski definition) is 1. The fraction of sp³-hybridized carbons (Fsp3) is 0.500. The number of fused-ring (bicyclic) bond motifs is 1. The van der Waals surface area contributed by atoms with E-state index >= 15 is 0 Å². The monoisotopic (exact) mass is 323 g/mol. The zero-order valence-electron chi connectivity index (χ0n) is 11.8. The highest BCUT2D eigenvalue weighted by atomic mass is 32.2. The lowest BCUT2D eigenvalue weighted by atomic mass is 10.0. The third kappa shape index (κ3) is 3.35. The summed E-state index contributed by atoms with van der Waals surface area (Å²) < 4.78 is 1.42. The van der Waals surface area contributed by atoms with Gasteiger partial charge in [-0.15, -0.1) is 11.3 Å². The molecular weight excluding hydrogens is 302 g/mol. The number of thiophene rings is 1. The fourth-order valence-corrected chi connectivity index (χ4v) is 6.63. The van der Waals surface area contributed by atoms with Gasteiger partial charge in [-0.05, 0) is 35.4 Å². The van der Waals surface area contributed by atoms with Crippen molar-refractivity contribution in [2.45, 2.75) is 24.6 Å². The normalized spacial score (nSPS) is 21.1. The van der Waals surface area contributed by atoms with Crippen molar-refractivity contribution in [3.63, 3.8) is 0 Å². The average Bonchev–Trinajstić information content (AvgIpc) is 2.91. The van der Waals surface area contributed by atoms with E-state index in [1.54, 1.807) is 0 Å². The summed E-state index contributed by atoms with van der Waals surface area (Å²) in [4.78, 5) is 0. The van der Waals surface area contributed by atoms with E-state index in [1.807, 2.05) is 11.3 Å². The smallest absolute Gasteiger partial charge is 0.0345 e. The van der Waals surface area contributed by atoms with Crippen LogP contribution >= 0.6 is 34.9 Å². The van der Waals surface area contributed by atoms with Crippen molar-refractivity contribution in [1.82, 2.24) is 5.32 Å². The summed E-state index contributed by atoms with van der Waals surface area (Å²) in [5, 5.41) is 8.29. The van der Waals surface area contributed by atoms with E-state index in [4.69, 9.17) is 0 Å². The zero-order valence-corrected chi connectivity index (χ0v) is 14.3. The maximum absolute atomic E-state index is 3.73. The van der Waals surface area contributed by atoms with Crippen LogP contribution in [-0.4, -0.2) is 35.1 Å². The highest BCUT2D eigenvalue weighted by Crippen LogP contribution is 2.31. The first-order valence-electron chi connectivity index (χ1n) is 7.26. The molecule has 1 aliphatic rings. The summed E-state index contributed by atoms with van der Waals surface area (Å²) in [6.45, 7) is 3.29. The predicted molar refractivity (Wildman–Crippen MR) is 96.6 cm³/mol. The molecule has 0 saturated carbocycles. The van der Waals surface area contributed by atoms with Gasteiger partial charge in [0.1, 0.15) is 0 Å². The summed E-state index contributed by atoms with van der Waals surface area (Å²) in [5.41, 5.74) is 1.52. The molecule has 20 heavy (non-hydrogen) atoms. The molecule has 0 amide bonds. The van der Waals surface area contributed by atoms with Crippen molar-refractivity contribution in [3.8, 4) is 0 Å². The first kappa shape index (κ1) is 14.8. The van der Waals surface area contributed by atoms with Gasteiger partial charge in [-0.25, -0.2) is 0 Å². The Bertz CT molecular complexity index is 545. The van der Waals surface area contributed by atoms with Gasteiger partial charge >= 0.3 is 0 Å². The van der Waals surface area contributed by atoms with Gasteiger partial charge in [-0.2, -0.15) is 23.5 Å². The number of thioether (sulfide) groups is 2. The lowest BCUT2D eigenvalue weighted by Gasteiger charge is -2.30. The van der Waals surface area contributed by atoms with Crippen LogP contribution in [0.5, 0.6) is 0 Å². The highest BCUT2D eigenvalue weighted by molar-refractivity contribution is 8.06. The van der Waals surface area contributed by atoms with Crippen molar-refractivity contribution in [1.29, 1.82) is 0 Å². The van der Waals surface area contributed by atoms with Gasteiger partial charge in [0, 0.05) is 33.3 Å². The van der Waals surface area contributed by atoms with Crippen molar-refractivity contribution < 1.29 is 0 Å². The predicted octanol–water partition coefficient (Wildman–Crippen LogP) is 4.27. The summed E-state index contributed by atoms with van der Waals surface area (Å²) in [6.07, 6.45) is 1.16. The molecule has 1 aromatic carbocycles. The maximum atomic E-state index is 3.73. The van der Waals surface area contributed by atoms with E-state index in [0.29, 0.717) is 6.04 Å². The quantitative estimate of drug-likeness (QED) is 0.882. The molecule has 4 heteroatoms. The second-order valence-electron chi connectivity index (χ2n) is 5.11. The van der Waals surface area contributed by atoms with Crippen molar-refractivity contribution in [2.24, 2.45) is 0 Å². The SMILES string of the molecule is CCNC(Cc1csc2ccccc12)C1CSCCS1. The van der Waals surface area contributed by atoms with Gasteiger partial charge in [0.05, 0.1) is 0 Å². The lowest BCUT2D eigenvalue weighted by molar-refractivity contribution is 0.524. The van der Waals surface area contributed by atoms with Crippen molar-refractivity contribution in [2.75, 3.05) is 23.8 Å². The molecule has 2 aromatic rings. The molecule has 0 bridgehead atoms. The Kier molecular flexibility index (Phi) is 5.32. The Morgan fingerprint density at radius 3 is 3.00 bits per heavy atom. The van der Waals surface area contributed by atoms with Gasteiger partial charge in [0.2, 0.25) is 0 Å². The third-order valence-corrected chi connectivity index (χ3v) is 7.69.